The van der Waals surface area contributed by atoms with Crippen molar-refractivity contribution in [2.75, 3.05) is 19.6 Å². The molecule has 0 aromatic heterocycles. The molecule has 0 saturated carbocycles. The number of hydrogen-bond acceptors (Lipinski definition) is 4. The molecule has 1 aromatic rings. The van der Waals surface area contributed by atoms with Crippen molar-refractivity contribution in [1.82, 2.24) is 14.9 Å². The van der Waals surface area contributed by atoms with Crippen LogP contribution in [0.1, 0.15) is 19.3 Å². The van der Waals surface area contributed by atoms with E-state index in [1.54, 1.807) is 0 Å². The van der Waals surface area contributed by atoms with Gasteiger partial charge in [0.1, 0.15) is 6.04 Å². The topological polar surface area (TPSA) is 116 Å². The van der Waals surface area contributed by atoms with E-state index in [9.17, 15) is 18.0 Å². The van der Waals surface area contributed by atoms with Crippen LogP contribution in [0.4, 0.5) is 4.79 Å². The van der Waals surface area contributed by atoms with Crippen molar-refractivity contribution in [2.24, 2.45) is 0 Å². The van der Waals surface area contributed by atoms with Crippen LogP contribution in [0.3, 0.4) is 0 Å². The Labute approximate surface area is 151 Å². The minimum atomic E-state index is -3.98. The van der Waals surface area contributed by atoms with E-state index in [2.05, 4.69) is 10.6 Å². The van der Waals surface area contributed by atoms with Crippen LogP contribution >= 0.6 is 11.6 Å². The van der Waals surface area contributed by atoms with Gasteiger partial charge in [-0.2, -0.15) is 4.31 Å². The molecule has 2 rings (SSSR count). The van der Waals surface area contributed by atoms with E-state index in [1.165, 1.54) is 24.3 Å². The molecule has 1 unspecified atom stereocenters. The molecule has 3 N–H and O–H groups in total. The Morgan fingerprint density at radius 1 is 1.32 bits per heavy atom. The first-order chi connectivity index (χ1) is 11.8. The minimum absolute atomic E-state index is 0.00396. The zero-order valence-electron chi connectivity index (χ0n) is 13.4. The number of hydrogen-bond donors (Lipinski definition) is 3. The van der Waals surface area contributed by atoms with E-state index < -0.39 is 22.2 Å². The number of nitrogens with one attached hydrogen (secondary N) is 2. The molecule has 1 saturated heterocycles. The van der Waals surface area contributed by atoms with Gasteiger partial charge in [-0.15, -0.1) is 0 Å². The van der Waals surface area contributed by atoms with Crippen molar-refractivity contribution in [3.8, 4) is 0 Å². The number of carbonyl (C=O) groups excluding carboxylic acids is 1. The van der Waals surface area contributed by atoms with E-state index in [4.69, 9.17) is 16.7 Å². The largest absolute Gasteiger partial charge is 0.465 e. The Morgan fingerprint density at radius 3 is 2.64 bits per heavy atom. The molecular formula is C15H20ClN3O5S. The summed E-state index contributed by atoms with van der Waals surface area (Å²) in [6.45, 7) is 0.235. The van der Waals surface area contributed by atoms with Crippen LogP contribution in [0.15, 0.2) is 29.2 Å². The van der Waals surface area contributed by atoms with Crippen LogP contribution in [0.25, 0.3) is 0 Å². The van der Waals surface area contributed by atoms with Crippen molar-refractivity contribution in [3.05, 3.63) is 29.3 Å². The highest BCUT2D eigenvalue weighted by atomic mass is 35.5. The van der Waals surface area contributed by atoms with Gasteiger partial charge < -0.3 is 15.7 Å². The molecule has 0 spiro atoms. The molecule has 1 fully saturated rings. The molecule has 1 aliphatic rings. The van der Waals surface area contributed by atoms with Gasteiger partial charge in [-0.3, -0.25) is 4.79 Å². The highest BCUT2D eigenvalue weighted by Crippen LogP contribution is 2.23. The molecule has 8 nitrogen and oxygen atoms in total. The number of nitrogens with zero attached hydrogens (tertiary/aromatic N) is 1. The molecule has 0 radical (unpaired) electrons. The van der Waals surface area contributed by atoms with Crippen LogP contribution in [0, 0.1) is 0 Å². The maximum absolute atomic E-state index is 13.0. The molecule has 1 atom stereocenters. The SMILES string of the molecule is O=C(O)NCCN(C1CCCCNC1=O)S(=O)(=O)c1ccc(Cl)cc1. The maximum atomic E-state index is 13.0. The smallest absolute Gasteiger partial charge is 0.404 e. The lowest BCUT2D eigenvalue weighted by molar-refractivity contribution is -0.124. The molecular weight excluding hydrogens is 370 g/mol. The average Bonchev–Trinajstić information content (AvgIpc) is 2.76. The third-order valence-corrected chi connectivity index (χ3v) is 6.06. The monoisotopic (exact) mass is 389 g/mol. The van der Waals surface area contributed by atoms with Crippen LogP contribution < -0.4 is 10.6 Å². The fourth-order valence-electron chi connectivity index (χ4n) is 2.66. The van der Waals surface area contributed by atoms with Crippen LogP contribution in [-0.4, -0.2) is 55.5 Å². The maximum Gasteiger partial charge on any atom is 0.404 e. The zero-order chi connectivity index (χ0) is 18.4. The van der Waals surface area contributed by atoms with E-state index >= 15 is 0 Å². The van der Waals surface area contributed by atoms with Crippen molar-refractivity contribution in [3.63, 3.8) is 0 Å². The quantitative estimate of drug-likeness (QED) is 0.677. The molecule has 0 bridgehead atoms. The fraction of sp³-hybridized carbons (Fsp3) is 0.467. The molecule has 1 aliphatic heterocycles. The second-order valence-electron chi connectivity index (χ2n) is 5.60. The van der Waals surface area contributed by atoms with Crippen molar-refractivity contribution in [2.45, 2.75) is 30.2 Å². The molecule has 2 amide bonds. The molecule has 1 heterocycles. The number of sulfonamides is 1. The average molecular weight is 390 g/mol. The molecule has 25 heavy (non-hydrogen) atoms. The van der Waals surface area contributed by atoms with Gasteiger partial charge in [0.15, 0.2) is 0 Å². The fourth-order valence-corrected chi connectivity index (χ4v) is 4.40. The van der Waals surface area contributed by atoms with Gasteiger partial charge in [0.25, 0.3) is 0 Å². The second kappa shape index (κ2) is 8.50. The Morgan fingerprint density at radius 2 is 2.00 bits per heavy atom. The third-order valence-electron chi connectivity index (χ3n) is 3.88. The van der Waals surface area contributed by atoms with E-state index in [1.807, 2.05) is 0 Å². The summed E-state index contributed by atoms with van der Waals surface area (Å²) in [6.07, 6.45) is 0.590. The molecule has 1 aromatic carbocycles. The lowest BCUT2D eigenvalue weighted by atomic mass is 10.1. The number of benzene rings is 1. The number of carbonyl (C=O) groups is 2. The van der Waals surface area contributed by atoms with Crippen LogP contribution in [0.2, 0.25) is 5.02 Å². The first-order valence-electron chi connectivity index (χ1n) is 7.84. The van der Waals surface area contributed by atoms with Gasteiger partial charge in [0.2, 0.25) is 15.9 Å². The van der Waals surface area contributed by atoms with Gasteiger partial charge >= 0.3 is 6.09 Å². The summed E-state index contributed by atoms with van der Waals surface area (Å²) in [5, 5.41) is 13.9. The van der Waals surface area contributed by atoms with Crippen LogP contribution in [0.5, 0.6) is 0 Å². The molecule has 138 valence electrons. The third kappa shape index (κ3) is 5.07. The van der Waals surface area contributed by atoms with Gasteiger partial charge in [-0.05, 0) is 43.5 Å². The Balaban J connectivity index is 2.33. The zero-order valence-corrected chi connectivity index (χ0v) is 15.0. The normalized spacial score (nSPS) is 18.5. The highest BCUT2D eigenvalue weighted by molar-refractivity contribution is 7.89. The second-order valence-corrected chi connectivity index (χ2v) is 7.93. The van der Waals surface area contributed by atoms with Gasteiger partial charge in [0, 0.05) is 24.7 Å². The van der Waals surface area contributed by atoms with Crippen molar-refractivity contribution in [1.29, 1.82) is 0 Å². The van der Waals surface area contributed by atoms with E-state index in [0.29, 0.717) is 24.4 Å². The minimum Gasteiger partial charge on any atom is -0.465 e. The summed E-state index contributed by atoms with van der Waals surface area (Å²) >= 11 is 5.81. The highest BCUT2D eigenvalue weighted by Gasteiger charge is 2.36. The van der Waals surface area contributed by atoms with Gasteiger partial charge in [-0.25, -0.2) is 13.2 Å². The number of halogens is 1. The summed E-state index contributed by atoms with van der Waals surface area (Å²) in [6, 6.07) is 4.76. The predicted molar refractivity (Wildman–Crippen MR) is 92.0 cm³/mol. The summed E-state index contributed by atoms with van der Waals surface area (Å²) in [5.74, 6) is -0.370. The van der Waals surface area contributed by atoms with Crippen LogP contribution in [-0.2, 0) is 14.8 Å². The van der Waals surface area contributed by atoms with Gasteiger partial charge in [0.05, 0.1) is 4.90 Å². The Kier molecular flexibility index (Phi) is 6.63. The summed E-state index contributed by atoms with van der Waals surface area (Å²) in [4.78, 5) is 23.0. The molecule has 0 aliphatic carbocycles. The lowest BCUT2D eigenvalue weighted by Crippen LogP contribution is -2.50. The van der Waals surface area contributed by atoms with Crippen molar-refractivity contribution >= 4 is 33.6 Å². The first kappa shape index (κ1) is 19.5. The van der Waals surface area contributed by atoms with E-state index in [0.717, 1.165) is 10.7 Å². The number of amides is 2. The summed E-state index contributed by atoms with van der Waals surface area (Å²) in [5.41, 5.74) is 0. The summed E-state index contributed by atoms with van der Waals surface area (Å²) < 4.78 is 27.1. The Hall–Kier alpha value is -1.84. The lowest BCUT2D eigenvalue weighted by Gasteiger charge is -2.29. The number of carboxylic acid groups (broad SMARTS) is 1. The van der Waals surface area contributed by atoms with Gasteiger partial charge in [-0.1, -0.05) is 11.6 Å². The number of rotatable bonds is 6. The van der Waals surface area contributed by atoms with E-state index in [-0.39, 0.29) is 23.9 Å². The van der Waals surface area contributed by atoms with Crippen molar-refractivity contribution < 1.29 is 23.1 Å². The first-order valence-corrected chi connectivity index (χ1v) is 9.66. The summed E-state index contributed by atoms with van der Waals surface area (Å²) in [7, 11) is -3.98. The molecule has 10 heteroatoms. The predicted octanol–water partition coefficient (Wildman–Crippen LogP) is 1.27. The Bertz CT molecular complexity index is 723. The standard InChI is InChI=1S/C15H20ClN3O5S/c16-11-4-6-12(7-5-11)25(23,24)19(10-9-18-15(21)22)13-3-1-2-8-17-14(13)20/h4-7,13,18H,1-3,8-10H2,(H,17,20)(H,21,22).